The zero-order chi connectivity index (χ0) is 10.2. The highest BCUT2D eigenvalue weighted by Crippen LogP contribution is 2.17. The molecule has 0 heterocycles. The van der Waals surface area contributed by atoms with Crippen LogP contribution >= 0.6 is 0 Å². The molecule has 0 saturated heterocycles. The quantitative estimate of drug-likeness (QED) is 0.630. The van der Waals surface area contributed by atoms with E-state index in [0.29, 0.717) is 0 Å². The molecule has 0 aliphatic rings. The Labute approximate surface area is 83.5 Å². The van der Waals surface area contributed by atoms with E-state index < -0.39 is 0 Å². The number of hydrogen-bond donors (Lipinski definition) is 2. The Morgan fingerprint density at radius 3 is 1.07 bits per heavy atom. The van der Waals surface area contributed by atoms with E-state index in [4.69, 9.17) is 11.1 Å². The lowest BCUT2D eigenvalue weighted by atomic mass is 10.1. The van der Waals surface area contributed by atoms with Gasteiger partial charge in [0.05, 0.1) is 0 Å². The van der Waals surface area contributed by atoms with Gasteiger partial charge in [-0.1, -0.05) is 60.7 Å². The minimum absolute atomic E-state index is 1.28. The van der Waals surface area contributed by atoms with E-state index in [1.807, 2.05) is 12.1 Å². The molecule has 2 N–H and O–H groups in total. The Kier molecular flexibility index (Phi) is 4.08. The van der Waals surface area contributed by atoms with Crippen LogP contribution in [0.5, 0.6) is 0 Å². The van der Waals surface area contributed by atoms with Gasteiger partial charge in [-0.3, -0.25) is 0 Å². The molecule has 0 atom stereocenters. The molecule has 2 nitrogen and oxygen atoms in total. The van der Waals surface area contributed by atoms with Gasteiger partial charge in [-0.05, 0) is 11.1 Å². The summed E-state index contributed by atoms with van der Waals surface area (Å²) >= 11 is 0. The van der Waals surface area contributed by atoms with Gasteiger partial charge in [0.2, 0.25) is 0 Å². The maximum absolute atomic E-state index is 5.00. The molecule has 2 aromatic rings. The van der Waals surface area contributed by atoms with Crippen molar-refractivity contribution in [3.05, 3.63) is 60.7 Å². The van der Waals surface area contributed by atoms with Crippen LogP contribution in [-0.4, -0.2) is 0 Å². The van der Waals surface area contributed by atoms with Crippen LogP contribution in [0, 0.1) is 11.1 Å². The summed E-state index contributed by atoms with van der Waals surface area (Å²) in [5.41, 5.74) is 12.6. The Bertz CT molecular complexity index is 319. The van der Waals surface area contributed by atoms with Gasteiger partial charge in [-0.2, -0.15) is 0 Å². The predicted octanol–water partition coefficient (Wildman–Crippen LogP) is 3.95. The third-order valence-electron chi connectivity index (χ3n) is 1.88. The molecule has 0 aliphatic carbocycles. The van der Waals surface area contributed by atoms with E-state index in [1.165, 1.54) is 11.1 Å². The number of nitrogens with one attached hydrogen (secondary N) is 2. The van der Waals surface area contributed by atoms with Gasteiger partial charge in [0.1, 0.15) is 0 Å². The Morgan fingerprint density at radius 1 is 0.500 bits per heavy atom. The molecule has 0 amide bonds. The average molecular weight is 184 g/mol. The molecule has 2 heteroatoms. The molecule has 0 aromatic heterocycles. The third kappa shape index (κ3) is 2.52. The summed E-state index contributed by atoms with van der Waals surface area (Å²) in [6.07, 6.45) is 0. The van der Waals surface area contributed by atoms with Gasteiger partial charge in [0, 0.05) is 0 Å². The summed E-state index contributed by atoms with van der Waals surface area (Å²) in [4.78, 5) is 0. The van der Waals surface area contributed by atoms with Gasteiger partial charge in [-0.25, -0.2) is 11.1 Å². The summed E-state index contributed by atoms with van der Waals surface area (Å²) in [6.45, 7) is 0. The highest BCUT2D eigenvalue weighted by atomic mass is 14.7. The fraction of sp³-hybridized carbons (Fsp3) is 0. The summed E-state index contributed by atoms with van der Waals surface area (Å²) in [7, 11) is 0. The van der Waals surface area contributed by atoms with Crippen LogP contribution in [0.1, 0.15) is 0 Å². The van der Waals surface area contributed by atoms with Gasteiger partial charge in [0.15, 0.2) is 0 Å². The first-order valence-electron chi connectivity index (χ1n) is 4.32. The van der Waals surface area contributed by atoms with Crippen molar-refractivity contribution < 1.29 is 0 Å². The molecule has 0 radical (unpaired) electrons. The minimum Gasteiger partial charge on any atom is -0.213 e. The molecule has 2 rings (SSSR count). The molecular weight excluding hydrogens is 172 g/mol. The second-order valence-corrected chi connectivity index (χ2v) is 2.73. The molecule has 70 valence electrons. The van der Waals surface area contributed by atoms with Crippen molar-refractivity contribution in [2.45, 2.75) is 0 Å². The van der Waals surface area contributed by atoms with E-state index >= 15 is 0 Å². The average Bonchev–Trinajstić information content (AvgIpc) is 2.34. The molecule has 2 aromatic carbocycles. The minimum atomic E-state index is 1.28. The van der Waals surface area contributed by atoms with Gasteiger partial charge >= 0.3 is 0 Å². The molecule has 0 saturated carbocycles. The fourth-order valence-corrected chi connectivity index (χ4v) is 1.26. The number of hydrogen-bond acceptors (Lipinski definition) is 2. The van der Waals surface area contributed by atoms with Gasteiger partial charge in [-0.15, -0.1) is 0 Å². The molecule has 0 unspecified atom stereocenters. The van der Waals surface area contributed by atoms with Crippen LogP contribution in [0.25, 0.3) is 11.1 Å². The zero-order valence-electron chi connectivity index (χ0n) is 7.77. The highest BCUT2D eigenvalue weighted by Gasteiger charge is 1.91. The lowest BCUT2D eigenvalue weighted by molar-refractivity contribution is 1.05. The highest BCUT2D eigenvalue weighted by molar-refractivity contribution is 5.62. The van der Waals surface area contributed by atoms with Crippen molar-refractivity contribution in [2.75, 3.05) is 0 Å². The first-order valence-corrected chi connectivity index (χ1v) is 4.32. The van der Waals surface area contributed by atoms with Crippen molar-refractivity contribution in [1.29, 1.82) is 11.1 Å². The maximum Gasteiger partial charge on any atom is -0.0184 e. The van der Waals surface area contributed by atoms with E-state index in [2.05, 4.69) is 48.5 Å². The van der Waals surface area contributed by atoms with Crippen molar-refractivity contribution in [1.82, 2.24) is 0 Å². The second-order valence-electron chi connectivity index (χ2n) is 2.73. The molecule has 0 spiro atoms. The molecule has 0 fully saturated rings. The summed E-state index contributed by atoms with van der Waals surface area (Å²) in [5, 5.41) is 0. The summed E-state index contributed by atoms with van der Waals surface area (Å²) < 4.78 is 0. The Balaban J connectivity index is 0.000000461. The predicted molar refractivity (Wildman–Crippen MR) is 57.3 cm³/mol. The van der Waals surface area contributed by atoms with Crippen LogP contribution in [0.2, 0.25) is 0 Å². The topological polar surface area (TPSA) is 47.7 Å². The van der Waals surface area contributed by atoms with Gasteiger partial charge in [0.25, 0.3) is 0 Å². The van der Waals surface area contributed by atoms with Crippen LogP contribution in [0.4, 0.5) is 0 Å². The lowest BCUT2D eigenvalue weighted by Crippen LogP contribution is -1.73. The summed E-state index contributed by atoms with van der Waals surface area (Å²) in [5.74, 6) is 0. The lowest BCUT2D eigenvalue weighted by Gasteiger charge is -1.98. The first kappa shape index (κ1) is 10.1. The van der Waals surface area contributed by atoms with Crippen molar-refractivity contribution in [3.8, 4) is 11.1 Å². The smallest absolute Gasteiger partial charge is 0.0184 e. The summed E-state index contributed by atoms with van der Waals surface area (Å²) in [6, 6.07) is 20.8. The maximum atomic E-state index is 5.00. The van der Waals surface area contributed by atoms with Gasteiger partial charge < -0.3 is 0 Å². The SMILES string of the molecule is N=N.c1ccc(-c2ccccc2)cc1. The number of benzene rings is 2. The molecule has 0 aliphatic heterocycles. The molecule has 14 heavy (non-hydrogen) atoms. The second kappa shape index (κ2) is 5.65. The largest absolute Gasteiger partial charge is 0.213 e. The third-order valence-corrected chi connectivity index (χ3v) is 1.88. The van der Waals surface area contributed by atoms with E-state index in [-0.39, 0.29) is 0 Å². The van der Waals surface area contributed by atoms with Crippen LogP contribution in [0.3, 0.4) is 0 Å². The van der Waals surface area contributed by atoms with E-state index in [1.54, 1.807) is 0 Å². The monoisotopic (exact) mass is 184 g/mol. The Morgan fingerprint density at radius 2 is 0.786 bits per heavy atom. The normalized spacial score (nSPS) is 8.57. The van der Waals surface area contributed by atoms with E-state index in [0.717, 1.165) is 0 Å². The van der Waals surface area contributed by atoms with Crippen LogP contribution in [0.15, 0.2) is 60.7 Å². The molecule has 0 bridgehead atoms. The fourth-order valence-electron chi connectivity index (χ4n) is 1.26. The van der Waals surface area contributed by atoms with Crippen LogP contribution < -0.4 is 0 Å². The van der Waals surface area contributed by atoms with Crippen molar-refractivity contribution in [3.63, 3.8) is 0 Å². The Hall–Kier alpha value is -1.96. The number of rotatable bonds is 1. The standard InChI is InChI=1S/C12H10.H2N2/c1-3-7-11(8-4-1)12-9-5-2-6-10-12;1-2/h1-10H;1-2H. The van der Waals surface area contributed by atoms with Crippen LogP contribution in [-0.2, 0) is 0 Å². The van der Waals surface area contributed by atoms with Crippen molar-refractivity contribution in [2.24, 2.45) is 0 Å². The van der Waals surface area contributed by atoms with Crippen molar-refractivity contribution >= 4 is 0 Å². The zero-order valence-corrected chi connectivity index (χ0v) is 7.77. The van der Waals surface area contributed by atoms with E-state index in [9.17, 15) is 0 Å². The first-order chi connectivity index (χ1) is 6.97. The molecular formula is C12H12N2.